The van der Waals surface area contributed by atoms with Crippen molar-refractivity contribution in [3.63, 3.8) is 0 Å². The number of hydrogen-bond acceptors (Lipinski definition) is 3. The van der Waals surface area contributed by atoms with E-state index in [1.165, 1.54) is 48.7 Å². The minimum atomic E-state index is -0.0266. The van der Waals surface area contributed by atoms with Crippen LogP contribution >= 0.6 is 0 Å². The van der Waals surface area contributed by atoms with Gasteiger partial charge in [0.05, 0.1) is 6.10 Å². The molecule has 2 aromatic carbocycles. The van der Waals surface area contributed by atoms with E-state index in [1.807, 2.05) is 0 Å². The van der Waals surface area contributed by atoms with E-state index in [4.69, 9.17) is 5.11 Å². The third-order valence-corrected chi connectivity index (χ3v) is 6.73. The highest BCUT2D eigenvalue weighted by molar-refractivity contribution is 5.88. The molecule has 3 unspecified atom stereocenters. The van der Waals surface area contributed by atoms with Crippen LogP contribution in [0, 0.1) is 23.7 Å². The van der Waals surface area contributed by atoms with E-state index in [2.05, 4.69) is 71.4 Å². The molecular formula is C26H34N2O. The summed E-state index contributed by atoms with van der Waals surface area (Å²) in [6.07, 6.45) is 5.85. The summed E-state index contributed by atoms with van der Waals surface area (Å²) in [6.45, 7) is 6.89. The van der Waals surface area contributed by atoms with Crippen molar-refractivity contribution in [2.75, 3.05) is 26.2 Å². The zero-order chi connectivity index (χ0) is 20.1. The van der Waals surface area contributed by atoms with E-state index < -0.39 is 0 Å². The van der Waals surface area contributed by atoms with E-state index >= 15 is 0 Å². The quantitative estimate of drug-likeness (QED) is 0.667. The van der Waals surface area contributed by atoms with Crippen molar-refractivity contribution in [1.82, 2.24) is 10.2 Å². The van der Waals surface area contributed by atoms with Crippen molar-refractivity contribution in [2.24, 2.45) is 11.8 Å². The summed E-state index contributed by atoms with van der Waals surface area (Å²) < 4.78 is 0. The Balaban J connectivity index is 0.000000249. The first-order valence-electron chi connectivity index (χ1n) is 11.3. The number of piperidine rings is 2. The second-order valence-corrected chi connectivity index (χ2v) is 8.89. The van der Waals surface area contributed by atoms with E-state index in [0.717, 1.165) is 32.0 Å². The van der Waals surface area contributed by atoms with Crippen LogP contribution in [0.5, 0.6) is 0 Å². The van der Waals surface area contributed by atoms with Gasteiger partial charge in [0.15, 0.2) is 0 Å². The Kier molecular flexibility index (Phi) is 6.87. The zero-order valence-corrected chi connectivity index (χ0v) is 17.6. The van der Waals surface area contributed by atoms with Gasteiger partial charge < -0.3 is 15.3 Å². The Morgan fingerprint density at radius 1 is 1.03 bits per heavy atom. The molecule has 0 amide bonds. The van der Waals surface area contributed by atoms with Crippen molar-refractivity contribution in [3.8, 4) is 11.8 Å². The maximum absolute atomic E-state index is 8.87. The van der Waals surface area contributed by atoms with Crippen LogP contribution in [-0.4, -0.2) is 48.3 Å². The SMILES string of the molecule is CC1CN2CCCC2CC1C#Cc1cccc2ccccc12.OC1CCNCC1. The van der Waals surface area contributed by atoms with Gasteiger partial charge in [-0.25, -0.2) is 0 Å². The molecule has 2 aromatic rings. The van der Waals surface area contributed by atoms with Gasteiger partial charge >= 0.3 is 0 Å². The number of fused-ring (bicyclic) bond motifs is 2. The third-order valence-electron chi connectivity index (χ3n) is 6.73. The predicted molar refractivity (Wildman–Crippen MR) is 121 cm³/mol. The van der Waals surface area contributed by atoms with Crippen LogP contribution in [0.15, 0.2) is 42.5 Å². The van der Waals surface area contributed by atoms with Gasteiger partial charge in [-0.15, -0.1) is 0 Å². The standard InChI is InChI=1S/C21H23N.C5H11NO/c1-16-15-22-13-5-9-20(22)14-19(16)12-11-18-8-4-7-17-6-2-3-10-21(17)18;7-5-1-3-6-4-2-5/h2-4,6-8,10,16,19-20H,5,9,13-15H2,1H3;5-7H,1-4H2. The predicted octanol–water partition coefficient (Wildman–Crippen LogP) is 4.04. The van der Waals surface area contributed by atoms with Crippen LogP contribution in [-0.2, 0) is 0 Å². The van der Waals surface area contributed by atoms with Crippen LogP contribution in [0.1, 0.15) is 44.6 Å². The van der Waals surface area contributed by atoms with E-state index in [9.17, 15) is 0 Å². The maximum Gasteiger partial charge on any atom is 0.0564 e. The second-order valence-electron chi connectivity index (χ2n) is 8.89. The van der Waals surface area contributed by atoms with Crippen molar-refractivity contribution < 1.29 is 5.11 Å². The molecule has 3 nitrogen and oxygen atoms in total. The average molecular weight is 391 g/mol. The molecule has 3 atom stereocenters. The summed E-state index contributed by atoms with van der Waals surface area (Å²) in [7, 11) is 0. The van der Waals surface area contributed by atoms with Crippen LogP contribution in [0.25, 0.3) is 10.8 Å². The van der Waals surface area contributed by atoms with Gasteiger partial charge in [0.2, 0.25) is 0 Å². The minimum Gasteiger partial charge on any atom is -0.393 e. The molecule has 0 spiro atoms. The summed E-state index contributed by atoms with van der Waals surface area (Å²) in [5.41, 5.74) is 1.18. The molecule has 3 fully saturated rings. The molecule has 0 saturated carbocycles. The van der Waals surface area contributed by atoms with Crippen molar-refractivity contribution >= 4 is 10.8 Å². The molecule has 3 heteroatoms. The molecule has 3 heterocycles. The number of nitrogens with one attached hydrogen (secondary N) is 1. The molecule has 2 N–H and O–H groups in total. The molecule has 0 aliphatic carbocycles. The van der Waals surface area contributed by atoms with Gasteiger partial charge in [0, 0.05) is 24.1 Å². The van der Waals surface area contributed by atoms with Gasteiger partial charge in [0.1, 0.15) is 0 Å². The van der Waals surface area contributed by atoms with E-state index in [-0.39, 0.29) is 6.10 Å². The molecule has 3 aliphatic heterocycles. The first kappa shape index (κ1) is 20.4. The normalized spacial score (nSPS) is 27.4. The highest BCUT2D eigenvalue weighted by Crippen LogP contribution is 2.33. The smallest absolute Gasteiger partial charge is 0.0564 e. The number of rotatable bonds is 0. The van der Waals surface area contributed by atoms with Gasteiger partial charge in [-0.1, -0.05) is 55.2 Å². The van der Waals surface area contributed by atoms with Gasteiger partial charge in [-0.3, -0.25) is 0 Å². The lowest BCUT2D eigenvalue weighted by molar-refractivity contribution is 0.127. The highest BCUT2D eigenvalue weighted by Gasteiger charge is 2.34. The van der Waals surface area contributed by atoms with Crippen molar-refractivity contribution in [3.05, 3.63) is 48.0 Å². The van der Waals surface area contributed by atoms with Crippen molar-refractivity contribution in [1.29, 1.82) is 0 Å². The highest BCUT2D eigenvalue weighted by atomic mass is 16.3. The molecule has 0 aromatic heterocycles. The first-order valence-corrected chi connectivity index (χ1v) is 11.3. The summed E-state index contributed by atoms with van der Waals surface area (Å²) >= 11 is 0. The second kappa shape index (κ2) is 9.76. The maximum atomic E-state index is 8.87. The molecule has 5 rings (SSSR count). The fraction of sp³-hybridized carbons (Fsp3) is 0.538. The van der Waals surface area contributed by atoms with Gasteiger partial charge in [0.25, 0.3) is 0 Å². The molecule has 0 radical (unpaired) electrons. The largest absolute Gasteiger partial charge is 0.393 e. The molecule has 154 valence electrons. The molecule has 3 saturated heterocycles. The Morgan fingerprint density at radius 2 is 1.83 bits per heavy atom. The Morgan fingerprint density at radius 3 is 2.62 bits per heavy atom. The number of nitrogens with zero attached hydrogens (tertiary/aromatic N) is 1. The zero-order valence-electron chi connectivity index (χ0n) is 17.6. The lowest BCUT2D eigenvalue weighted by Gasteiger charge is -2.37. The fourth-order valence-corrected chi connectivity index (χ4v) is 4.94. The fourth-order valence-electron chi connectivity index (χ4n) is 4.94. The van der Waals surface area contributed by atoms with Gasteiger partial charge in [-0.05, 0) is 74.5 Å². The lowest BCUT2D eigenvalue weighted by atomic mass is 9.83. The van der Waals surface area contributed by atoms with Gasteiger partial charge in [-0.2, -0.15) is 0 Å². The van der Waals surface area contributed by atoms with Crippen LogP contribution in [0.4, 0.5) is 0 Å². The topological polar surface area (TPSA) is 35.5 Å². The average Bonchev–Trinajstić information content (AvgIpc) is 3.20. The summed E-state index contributed by atoms with van der Waals surface area (Å²) in [5.74, 6) is 8.36. The Hall–Kier alpha value is -1.86. The molecular weight excluding hydrogens is 356 g/mol. The van der Waals surface area contributed by atoms with Crippen LogP contribution in [0.2, 0.25) is 0 Å². The summed E-state index contributed by atoms with van der Waals surface area (Å²) in [6, 6.07) is 15.8. The number of hydrogen-bond donors (Lipinski definition) is 2. The molecule has 29 heavy (non-hydrogen) atoms. The minimum absolute atomic E-state index is 0.0266. The first-order chi connectivity index (χ1) is 14.2. The Bertz CT molecular complexity index is 856. The number of aliphatic hydroxyl groups is 1. The summed E-state index contributed by atoms with van der Waals surface area (Å²) in [4.78, 5) is 2.68. The van der Waals surface area contributed by atoms with Crippen molar-refractivity contribution in [2.45, 2.75) is 51.2 Å². The summed E-state index contributed by atoms with van der Waals surface area (Å²) in [5, 5.41) is 14.6. The number of aliphatic hydroxyl groups excluding tert-OH is 1. The molecule has 0 bridgehead atoms. The lowest BCUT2D eigenvalue weighted by Crippen LogP contribution is -2.42. The molecule has 3 aliphatic rings. The Labute approximate surface area is 175 Å². The van der Waals surface area contributed by atoms with Crippen LogP contribution < -0.4 is 5.32 Å². The van der Waals surface area contributed by atoms with Crippen LogP contribution in [0.3, 0.4) is 0 Å². The number of benzene rings is 2. The monoisotopic (exact) mass is 390 g/mol. The third kappa shape index (κ3) is 5.20. The van der Waals surface area contributed by atoms with E-state index in [0.29, 0.717) is 11.8 Å². The van der Waals surface area contributed by atoms with E-state index in [1.54, 1.807) is 0 Å².